The van der Waals surface area contributed by atoms with E-state index in [0.717, 1.165) is 0 Å². The van der Waals surface area contributed by atoms with Crippen LogP contribution in [-0.4, -0.2) is 18.9 Å². The summed E-state index contributed by atoms with van der Waals surface area (Å²) in [6.45, 7) is 3.82. The summed E-state index contributed by atoms with van der Waals surface area (Å²) in [5.74, 6) is 0.439. The maximum atomic E-state index is 5.66. The molecule has 2 nitrogen and oxygen atoms in total. The van der Waals surface area contributed by atoms with Crippen LogP contribution in [0.1, 0.15) is 13.8 Å². The molecule has 1 aromatic rings. The Bertz CT molecular complexity index is 278. The monoisotopic (exact) mass is 181 g/mol. The Hall–Kier alpha value is -0.695. The molecule has 1 heterocycles. The molecule has 0 aliphatic rings. The molecule has 0 spiro atoms. The molecule has 0 aliphatic heterocycles. The molecule has 0 N–H and O–H groups in total. The number of rotatable bonds is 2. The molecule has 0 bridgehead atoms. The van der Waals surface area contributed by atoms with Crippen LogP contribution in [0.5, 0.6) is 5.88 Å². The lowest BCUT2D eigenvalue weighted by atomic mass is 9.98. The summed E-state index contributed by atoms with van der Waals surface area (Å²) in [7, 11) is 5.60. The van der Waals surface area contributed by atoms with Crippen molar-refractivity contribution in [2.45, 2.75) is 20.0 Å². The normalized spacial score (nSPS) is 10.3. The van der Waals surface area contributed by atoms with E-state index in [9.17, 15) is 0 Å². The molecule has 0 saturated carbocycles. The van der Waals surface area contributed by atoms with Crippen LogP contribution in [0.15, 0.2) is 12.3 Å². The lowest BCUT2D eigenvalue weighted by molar-refractivity contribution is 0.235. The molecule has 0 unspecified atom stereocenters. The molecule has 0 aromatic carbocycles. The number of aromatic nitrogens is 1. The molecule has 1 rings (SSSR count). The van der Waals surface area contributed by atoms with Crippen molar-refractivity contribution in [2.24, 2.45) is 0 Å². The molecule has 2 radical (unpaired) electrons. The highest BCUT2D eigenvalue weighted by molar-refractivity contribution is 6.37. The fourth-order valence-corrected chi connectivity index (χ4v) is 0.930. The van der Waals surface area contributed by atoms with E-state index in [-0.39, 0.29) is 6.10 Å². The lowest BCUT2D eigenvalue weighted by Gasteiger charge is -2.10. The summed E-state index contributed by atoms with van der Waals surface area (Å²) < 4.78 is 5.31. The van der Waals surface area contributed by atoms with Gasteiger partial charge in [0.05, 0.1) is 11.1 Å². The predicted octanol–water partition coefficient (Wildman–Crippen LogP) is 1.32. The zero-order valence-electron chi connectivity index (χ0n) is 7.04. The topological polar surface area (TPSA) is 22.1 Å². The second-order valence-electron chi connectivity index (χ2n) is 2.71. The van der Waals surface area contributed by atoms with E-state index in [1.165, 1.54) is 6.20 Å². The van der Waals surface area contributed by atoms with Crippen LogP contribution in [0.3, 0.4) is 0 Å². The number of hydrogen-bond donors (Lipinski definition) is 0. The minimum atomic E-state index is 0.0703. The van der Waals surface area contributed by atoms with E-state index >= 15 is 0 Å². The van der Waals surface area contributed by atoms with Crippen LogP contribution in [0.2, 0.25) is 5.02 Å². The number of hydrogen-bond acceptors (Lipinski definition) is 2. The van der Waals surface area contributed by atoms with E-state index in [0.29, 0.717) is 16.4 Å². The molecule has 0 atom stereocenters. The summed E-state index contributed by atoms with van der Waals surface area (Å²) in [5, 5.41) is 0.517. The van der Waals surface area contributed by atoms with Gasteiger partial charge >= 0.3 is 0 Å². The number of halogens is 1. The lowest BCUT2D eigenvalue weighted by Crippen LogP contribution is -2.16. The fourth-order valence-electron chi connectivity index (χ4n) is 0.764. The van der Waals surface area contributed by atoms with Gasteiger partial charge in [-0.15, -0.1) is 0 Å². The maximum Gasteiger partial charge on any atom is 0.206 e. The first-order valence-corrected chi connectivity index (χ1v) is 4.05. The summed E-state index contributed by atoms with van der Waals surface area (Å²) in [5.41, 5.74) is 0.469. The molecule has 0 aliphatic carbocycles. The third-order valence-corrected chi connectivity index (χ3v) is 1.40. The van der Waals surface area contributed by atoms with E-state index in [1.54, 1.807) is 6.07 Å². The predicted molar refractivity (Wildman–Crippen MR) is 50.4 cm³/mol. The Morgan fingerprint density at radius 2 is 2.25 bits per heavy atom. The van der Waals surface area contributed by atoms with Crippen LogP contribution >= 0.6 is 11.6 Å². The number of nitrogens with zero attached hydrogens (tertiary/aromatic N) is 1. The van der Waals surface area contributed by atoms with Crippen LogP contribution in [0, 0.1) is 0 Å². The Morgan fingerprint density at radius 3 is 2.75 bits per heavy atom. The molecule has 0 fully saturated rings. The first-order chi connectivity index (χ1) is 5.59. The zero-order chi connectivity index (χ0) is 9.14. The Morgan fingerprint density at radius 1 is 1.58 bits per heavy atom. The minimum absolute atomic E-state index is 0.0703. The average Bonchev–Trinajstić information content (AvgIpc) is 1.94. The van der Waals surface area contributed by atoms with Crippen molar-refractivity contribution in [3.63, 3.8) is 0 Å². The summed E-state index contributed by atoms with van der Waals surface area (Å²) >= 11 is 5.66. The van der Waals surface area contributed by atoms with Gasteiger partial charge in [-0.05, 0) is 25.4 Å². The van der Waals surface area contributed by atoms with Crippen LogP contribution in [0.25, 0.3) is 0 Å². The maximum absolute atomic E-state index is 5.66. The zero-order valence-corrected chi connectivity index (χ0v) is 7.80. The summed E-state index contributed by atoms with van der Waals surface area (Å²) in [6.07, 6.45) is 1.58. The molecule has 0 saturated heterocycles. The molecule has 62 valence electrons. The Labute approximate surface area is 78.3 Å². The molecule has 0 amide bonds. The second-order valence-corrected chi connectivity index (χ2v) is 3.15. The van der Waals surface area contributed by atoms with E-state index in [1.807, 2.05) is 13.8 Å². The average molecular weight is 181 g/mol. The van der Waals surface area contributed by atoms with Crippen LogP contribution < -0.4 is 10.2 Å². The molecular formula is C8H9BClNO. The fraction of sp³-hybridized carbons (Fsp3) is 0.375. The van der Waals surface area contributed by atoms with Gasteiger partial charge in [0.1, 0.15) is 7.85 Å². The smallest absolute Gasteiger partial charge is 0.206 e. The standard InChI is InChI=1S/C8H9BClNO/c1-5(2)12-8-7(9)3-6(10)4-11-8/h3-5H,1-2H3. The van der Waals surface area contributed by atoms with Gasteiger partial charge in [0.15, 0.2) is 0 Å². The Kier molecular flexibility index (Phi) is 2.98. The van der Waals surface area contributed by atoms with Gasteiger partial charge < -0.3 is 4.74 Å². The molecule has 1 aromatic heterocycles. The highest BCUT2D eigenvalue weighted by Crippen LogP contribution is 2.09. The quantitative estimate of drug-likeness (QED) is 0.642. The van der Waals surface area contributed by atoms with Crippen molar-refractivity contribution in [2.75, 3.05) is 0 Å². The van der Waals surface area contributed by atoms with Gasteiger partial charge in [-0.25, -0.2) is 4.98 Å². The minimum Gasteiger partial charge on any atom is -0.475 e. The van der Waals surface area contributed by atoms with Gasteiger partial charge in [0.25, 0.3) is 0 Å². The first-order valence-electron chi connectivity index (χ1n) is 3.67. The van der Waals surface area contributed by atoms with Gasteiger partial charge in [-0.1, -0.05) is 11.6 Å². The Balaban J connectivity index is 2.86. The molecule has 4 heteroatoms. The summed E-state index contributed by atoms with van der Waals surface area (Å²) in [4.78, 5) is 3.94. The highest BCUT2D eigenvalue weighted by Gasteiger charge is 2.02. The van der Waals surface area contributed by atoms with Gasteiger partial charge in [-0.2, -0.15) is 0 Å². The third kappa shape index (κ3) is 2.41. The van der Waals surface area contributed by atoms with Crippen LogP contribution in [0.4, 0.5) is 0 Å². The second kappa shape index (κ2) is 3.81. The molecular weight excluding hydrogens is 172 g/mol. The molecule has 12 heavy (non-hydrogen) atoms. The number of ether oxygens (including phenoxy) is 1. The highest BCUT2D eigenvalue weighted by atomic mass is 35.5. The van der Waals surface area contributed by atoms with Crippen molar-refractivity contribution >= 4 is 24.9 Å². The van der Waals surface area contributed by atoms with Gasteiger partial charge in [-0.3, -0.25) is 0 Å². The largest absolute Gasteiger partial charge is 0.475 e. The SMILES string of the molecule is [B]c1cc(Cl)cnc1OC(C)C. The van der Waals surface area contributed by atoms with E-state index in [4.69, 9.17) is 24.2 Å². The number of pyridine rings is 1. The van der Waals surface area contributed by atoms with E-state index < -0.39 is 0 Å². The van der Waals surface area contributed by atoms with Crippen molar-refractivity contribution in [1.29, 1.82) is 0 Å². The van der Waals surface area contributed by atoms with Crippen molar-refractivity contribution in [1.82, 2.24) is 4.98 Å². The first kappa shape index (κ1) is 9.39. The van der Waals surface area contributed by atoms with Crippen LogP contribution in [-0.2, 0) is 0 Å². The third-order valence-electron chi connectivity index (χ3n) is 1.19. The summed E-state index contributed by atoms with van der Waals surface area (Å²) in [6, 6.07) is 1.62. The van der Waals surface area contributed by atoms with Crippen molar-refractivity contribution < 1.29 is 4.74 Å². The van der Waals surface area contributed by atoms with E-state index in [2.05, 4.69) is 4.98 Å². The van der Waals surface area contributed by atoms with Gasteiger partial charge in [0.2, 0.25) is 5.88 Å². The van der Waals surface area contributed by atoms with Gasteiger partial charge in [0, 0.05) is 6.20 Å². The van der Waals surface area contributed by atoms with Crippen molar-refractivity contribution in [3.8, 4) is 5.88 Å². The van der Waals surface area contributed by atoms with Crippen molar-refractivity contribution in [3.05, 3.63) is 17.3 Å².